The molecule has 0 amide bonds. The summed E-state index contributed by atoms with van der Waals surface area (Å²) in [5.41, 5.74) is 1.14. The number of hydrogen-bond acceptors (Lipinski definition) is 4. The molecule has 0 N–H and O–H groups in total. The maximum absolute atomic E-state index is 11.7. The summed E-state index contributed by atoms with van der Waals surface area (Å²) < 4.78 is 5.06. The van der Waals surface area contributed by atoms with E-state index in [0.717, 1.165) is 18.5 Å². The van der Waals surface area contributed by atoms with Gasteiger partial charge in [-0.25, -0.2) is 0 Å². The second-order valence-electron chi connectivity index (χ2n) is 3.95. The number of esters is 1. The van der Waals surface area contributed by atoms with Crippen LogP contribution in [0.2, 0.25) is 0 Å². The van der Waals surface area contributed by atoms with Gasteiger partial charge in [-0.2, -0.15) is 0 Å². The highest BCUT2D eigenvalue weighted by molar-refractivity contribution is 5.75. The molecule has 0 saturated heterocycles. The van der Waals surface area contributed by atoms with Crippen molar-refractivity contribution in [1.82, 2.24) is 9.88 Å². The fraction of sp³-hybridized carbons (Fsp3) is 0.538. The molecule has 0 aromatic carbocycles. The Bertz CT molecular complexity index is 341. The molecule has 1 rings (SSSR count). The Morgan fingerprint density at radius 1 is 1.41 bits per heavy atom. The molecule has 0 saturated carbocycles. The van der Waals surface area contributed by atoms with Crippen LogP contribution in [0, 0.1) is 0 Å². The lowest BCUT2D eigenvalue weighted by Gasteiger charge is -2.25. The van der Waals surface area contributed by atoms with E-state index in [4.69, 9.17) is 4.74 Å². The van der Waals surface area contributed by atoms with Crippen LogP contribution >= 0.6 is 0 Å². The third-order valence-corrected chi connectivity index (χ3v) is 2.66. The molecule has 1 atom stereocenters. The molecule has 0 spiro atoms. The average Bonchev–Trinajstić information content (AvgIpc) is 2.31. The molecule has 4 nitrogen and oxygen atoms in total. The third kappa shape index (κ3) is 4.15. The fourth-order valence-corrected chi connectivity index (χ4v) is 1.78. The van der Waals surface area contributed by atoms with Gasteiger partial charge in [0, 0.05) is 18.9 Å². The highest BCUT2D eigenvalue weighted by atomic mass is 16.5. The summed E-state index contributed by atoms with van der Waals surface area (Å²) in [4.78, 5) is 17.7. The number of carbonyl (C=O) groups is 1. The molecule has 0 radical (unpaired) electrons. The van der Waals surface area contributed by atoms with Crippen LogP contribution in [0.1, 0.15) is 25.8 Å². The Kier molecular flexibility index (Phi) is 5.63. The first-order valence-corrected chi connectivity index (χ1v) is 5.94. The summed E-state index contributed by atoms with van der Waals surface area (Å²) >= 11 is 0. The van der Waals surface area contributed by atoms with Crippen LogP contribution in [0.5, 0.6) is 0 Å². The van der Waals surface area contributed by atoms with Crippen molar-refractivity contribution in [3.63, 3.8) is 0 Å². The minimum absolute atomic E-state index is 0.147. The maximum atomic E-state index is 11.7. The molecule has 94 valence electrons. The molecule has 0 fully saturated rings. The van der Waals surface area contributed by atoms with Gasteiger partial charge in [-0.3, -0.25) is 14.7 Å². The molecule has 1 aromatic heterocycles. The molecule has 4 heteroatoms. The smallest absolute Gasteiger partial charge is 0.323 e. The zero-order chi connectivity index (χ0) is 12.7. The van der Waals surface area contributed by atoms with Crippen LogP contribution in [0.3, 0.4) is 0 Å². The van der Waals surface area contributed by atoms with Crippen LogP contribution in [0.4, 0.5) is 0 Å². The molecule has 1 heterocycles. The fourth-order valence-electron chi connectivity index (χ4n) is 1.78. The van der Waals surface area contributed by atoms with Gasteiger partial charge >= 0.3 is 5.97 Å². The minimum atomic E-state index is -0.178. The highest BCUT2D eigenvalue weighted by Crippen LogP contribution is 2.09. The van der Waals surface area contributed by atoms with Crippen molar-refractivity contribution in [3.05, 3.63) is 30.1 Å². The van der Waals surface area contributed by atoms with Gasteiger partial charge in [0.25, 0.3) is 0 Å². The van der Waals surface area contributed by atoms with E-state index >= 15 is 0 Å². The van der Waals surface area contributed by atoms with Crippen molar-refractivity contribution in [2.24, 2.45) is 0 Å². The Balaban J connectivity index is 2.60. The Labute approximate surface area is 103 Å². The van der Waals surface area contributed by atoms with E-state index in [1.165, 1.54) is 0 Å². The van der Waals surface area contributed by atoms with E-state index in [1.54, 1.807) is 12.4 Å². The molecule has 17 heavy (non-hydrogen) atoms. The van der Waals surface area contributed by atoms with Crippen LogP contribution in [-0.4, -0.2) is 35.5 Å². The SMILES string of the molecule is CCOC(=O)C(CC)N(C)Cc1ccncc1. The summed E-state index contributed by atoms with van der Waals surface area (Å²) in [6.45, 7) is 4.97. The van der Waals surface area contributed by atoms with Crippen molar-refractivity contribution in [2.45, 2.75) is 32.9 Å². The lowest BCUT2D eigenvalue weighted by molar-refractivity contribution is -0.149. The predicted molar refractivity (Wildman–Crippen MR) is 66.4 cm³/mol. The number of aromatic nitrogens is 1. The van der Waals surface area contributed by atoms with Gasteiger partial charge in [0.15, 0.2) is 0 Å². The van der Waals surface area contributed by atoms with Gasteiger partial charge in [0.1, 0.15) is 6.04 Å². The summed E-state index contributed by atoms with van der Waals surface area (Å²) in [6, 6.07) is 3.73. The predicted octanol–water partition coefficient (Wildman–Crippen LogP) is 1.86. The van der Waals surface area contributed by atoms with E-state index in [9.17, 15) is 4.79 Å². The zero-order valence-electron chi connectivity index (χ0n) is 10.7. The topological polar surface area (TPSA) is 42.4 Å². The Hall–Kier alpha value is -1.42. The lowest BCUT2D eigenvalue weighted by atomic mass is 10.1. The molecular formula is C13H20N2O2. The molecular weight excluding hydrogens is 216 g/mol. The van der Waals surface area contributed by atoms with Crippen LogP contribution in [0.15, 0.2) is 24.5 Å². The molecule has 0 aliphatic carbocycles. The molecule has 1 aromatic rings. The van der Waals surface area contributed by atoms with Crippen molar-refractivity contribution in [1.29, 1.82) is 0 Å². The lowest BCUT2D eigenvalue weighted by Crippen LogP contribution is -2.38. The number of pyridine rings is 1. The molecule has 0 aliphatic heterocycles. The maximum Gasteiger partial charge on any atom is 0.323 e. The van der Waals surface area contributed by atoms with Crippen LogP contribution in [0.25, 0.3) is 0 Å². The zero-order valence-corrected chi connectivity index (χ0v) is 10.7. The van der Waals surface area contributed by atoms with Gasteiger partial charge < -0.3 is 4.74 Å². The number of nitrogens with zero attached hydrogens (tertiary/aromatic N) is 2. The van der Waals surface area contributed by atoms with Crippen LogP contribution in [-0.2, 0) is 16.1 Å². The van der Waals surface area contributed by atoms with E-state index in [1.807, 2.05) is 37.9 Å². The quantitative estimate of drug-likeness (QED) is 0.707. The average molecular weight is 236 g/mol. The Morgan fingerprint density at radius 2 is 2.06 bits per heavy atom. The summed E-state index contributed by atoms with van der Waals surface area (Å²) in [5, 5.41) is 0. The summed E-state index contributed by atoms with van der Waals surface area (Å²) in [7, 11) is 1.94. The molecule has 0 aliphatic rings. The second kappa shape index (κ2) is 7.01. The first kappa shape index (κ1) is 13.6. The number of ether oxygens (including phenoxy) is 1. The highest BCUT2D eigenvalue weighted by Gasteiger charge is 2.22. The van der Waals surface area contributed by atoms with E-state index in [-0.39, 0.29) is 12.0 Å². The van der Waals surface area contributed by atoms with Gasteiger partial charge in [-0.1, -0.05) is 6.92 Å². The summed E-state index contributed by atoms with van der Waals surface area (Å²) in [5.74, 6) is -0.147. The number of likely N-dealkylation sites (N-methyl/N-ethyl adjacent to an activating group) is 1. The number of carbonyl (C=O) groups excluding carboxylic acids is 1. The van der Waals surface area contributed by atoms with Gasteiger partial charge in [-0.15, -0.1) is 0 Å². The number of hydrogen-bond donors (Lipinski definition) is 0. The second-order valence-corrected chi connectivity index (χ2v) is 3.95. The molecule has 0 bridgehead atoms. The Morgan fingerprint density at radius 3 is 2.59 bits per heavy atom. The van der Waals surface area contributed by atoms with Gasteiger partial charge in [0.2, 0.25) is 0 Å². The van der Waals surface area contributed by atoms with Crippen molar-refractivity contribution < 1.29 is 9.53 Å². The van der Waals surface area contributed by atoms with Crippen LogP contribution < -0.4 is 0 Å². The molecule has 1 unspecified atom stereocenters. The normalized spacial score (nSPS) is 12.5. The van der Waals surface area contributed by atoms with E-state index < -0.39 is 0 Å². The van der Waals surface area contributed by atoms with Gasteiger partial charge in [0.05, 0.1) is 6.61 Å². The monoisotopic (exact) mass is 236 g/mol. The largest absolute Gasteiger partial charge is 0.465 e. The minimum Gasteiger partial charge on any atom is -0.465 e. The summed E-state index contributed by atoms with van der Waals surface area (Å²) in [6.07, 6.45) is 4.27. The van der Waals surface area contributed by atoms with E-state index in [0.29, 0.717) is 6.61 Å². The van der Waals surface area contributed by atoms with E-state index in [2.05, 4.69) is 4.98 Å². The standard InChI is InChI=1S/C13H20N2O2/c1-4-12(13(16)17-5-2)15(3)10-11-6-8-14-9-7-11/h6-9,12H,4-5,10H2,1-3H3. The van der Waals surface area contributed by atoms with Crippen molar-refractivity contribution in [3.8, 4) is 0 Å². The van der Waals surface area contributed by atoms with Gasteiger partial charge in [-0.05, 0) is 38.1 Å². The first-order valence-electron chi connectivity index (χ1n) is 5.94. The third-order valence-electron chi connectivity index (χ3n) is 2.66. The first-order chi connectivity index (χ1) is 8.19. The number of rotatable bonds is 6. The van der Waals surface area contributed by atoms with Crippen molar-refractivity contribution >= 4 is 5.97 Å². The van der Waals surface area contributed by atoms with Crippen molar-refractivity contribution in [2.75, 3.05) is 13.7 Å².